The molecule has 158 valence electrons. The molecule has 3 aromatic rings. The predicted octanol–water partition coefficient (Wildman–Crippen LogP) is 3.51. The number of hydrazone groups is 1. The van der Waals surface area contributed by atoms with Crippen LogP contribution in [-0.4, -0.2) is 35.9 Å². The van der Waals surface area contributed by atoms with Crippen molar-refractivity contribution in [2.24, 2.45) is 5.10 Å². The second-order valence-corrected chi connectivity index (χ2v) is 6.29. The molecule has 0 atom stereocenters. The van der Waals surface area contributed by atoms with Gasteiger partial charge in [-0.3, -0.25) is 14.9 Å². The van der Waals surface area contributed by atoms with E-state index in [1.807, 2.05) is 42.5 Å². The summed E-state index contributed by atoms with van der Waals surface area (Å²) in [6.45, 7) is -0.289. The van der Waals surface area contributed by atoms with E-state index in [0.717, 1.165) is 17.3 Å². The van der Waals surface area contributed by atoms with Crippen LogP contribution in [0.25, 0.3) is 11.1 Å². The standard InChI is InChI=1S/C22H19N3O6/c1-30-22-19(26)12-9-17(21(22)25(28)29)13-23-24-20(27)14-31-18-10-7-16(8-11-18)15-5-3-2-4-6-15/h2-13,26H,14H2,1H3,(H,24,27). The molecule has 0 aliphatic carbocycles. The molecule has 0 saturated carbocycles. The molecule has 1 amide bonds. The van der Waals surface area contributed by atoms with Gasteiger partial charge in [0.2, 0.25) is 5.75 Å². The summed E-state index contributed by atoms with van der Waals surface area (Å²) in [5, 5.41) is 24.7. The molecule has 0 unspecified atom stereocenters. The van der Waals surface area contributed by atoms with Crippen molar-refractivity contribution in [3.05, 3.63) is 82.4 Å². The van der Waals surface area contributed by atoms with Crippen LogP contribution in [0.4, 0.5) is 5.69 Å². The van der Waals surface area contributed by atoms with Crippen LogP contribution in [0.5, 0.6) is 17.2 Å². The zero-order valence-electron chi connectivity index (χ0n) is 16.5. The number of carbonyl (C=O) groups is 1. The van der Waals surface area contributed by atoms with E-state index in [9.17, 15) is 20.0 Å². The van der Waals surface area contributed by atoms with Gasteiger partial charge in [0.05, 0.1) is 23.8 Å². The number of rotatable bonds is 8. The molecule has 0 aliphatic heterocycles. The van der Waals surface area contributed by atoms with Gasteiger partial charge in [0.15, 0.2) is 12.4 Å². The Labute approximate surface area is 177 Å². The van der Waals surface area contributed by atoms with Crippen LogP contribution < -0.4 is 14.9 Å². The second-order valence-electron chi connectivity index (χ2n) is 6.29. The van der Waals surface area contributed by atoms with Gasteiger partial charge in [0.1, 0.15) is 5.75 Å². The van der Waals surface area contributed by atoms with Crippen molar-refractivity contribution >= 4 is 17.8 Å². The summed E-state index contributed by atoms with van der Waals surface area (Å²) < 4.78 is 10.3. The average Bonchev–Trinajstić information content (AvgIpc) is 2.79. The molecule has 0 radical (unpaired) electrons. The summed E-state index contributed by atoms with van der Waals surface area (Å²) >= 11 is 0. The Bertz CT molecular complexity index is 1100. The number of nitrogens with zero attached hydrogens (tertiary/aromatic N) is 2. The van der Waals surface area contributed by atoms with Crippen LogP contribution in [0.2, 0.25) is 0 Å². The number of phenolic OH excluding ortho intramolecular Hbond substituents is 1. The first-order valence-electron chi connectivity index (χ1n) is 9.14. The fraction of sp³-hybridized carbons (Fsp3) is 0.0909. The molecule has 0 fully saturated rings. The van der Waals surface area contributed by atoms with Crippen LogP contribution in [0.1, 0.15) is 5.56 Å². The van der Waals surface area contributed by atoms with E-state index in [1.54, 1.807) is 12.1 Å². The van der Waals surface area contributed by atoms with Crippen molar-refractivity contribution in [2.75, 3.05) is 13.7 Å². The van der Waals surface area contributed by atoms with Crippen molar-refractivity contribution < 1.29 is 24.3 Å². The van der Waals surface area contributed by atoms with Gasteiger partial charge in [-0.25, -0.2) is 5.43 Å². The van der Waals surface area contributed by atoms with Crippen LogP contribution >= 0.6 is 0 Å². The number of phenols is 1. The fourth-order valence-corrected chi connectivity index (χ4v) is 2.80. The number of nitro benzene ring substituents is 1. The zero-order valence-corrected chi connectivity index (χ0v) is 16.5. The van der Waals surface area contributed by atoms with E-state index in [1.165, 1.54) is 19.2 Å². The molecule has 0 bridgehead atoms. The molecule has 3 rings (SSSR count). The molecule has 0 spiro atoms. The Kier molecular flexibility index (Phi) is 6.79. The van der Waals surface area contributed by atoms with E-state index in [0.29, 0.717) is 5.75 Å². The van der Waals surface area contributed by atoms with Gasteiger partial charge in [-0.2, -0.15) is 5.10 Å². The summed E-state index contributed by atoms with van der Waals surface area (Å²) in [6.07, 6.45) is 1.09. The molecule has 0 aromatic heterocycles. The van der Waals surface area contributed by atoms with Gasteiger partial charge in [-0.1, -0.05) is 42.5 Å². The Morgan fingerprint density at radius 1 is 1.10 bits per heavy atom. The number of ether oxygens (including phenoxy) is 2. The van der Waals surface area contributed by atoms with Gasteiger partial charge in [-0.15, -0.1) is 0 Å². The number of aromatic hydroxyl groups is 1. The lowest BCUT2D eigenvalue weighted by molar-refractivity contribution is -0.386. The molecule has 0 heterocycles. The Hall–Kier alpha value is -4.40. The van der Waals surface area contributed by atoms with Gasteiger partial charge >= 0.3 is 5.69 Å². The highest BCUT2D eigenvalue weighted by Gasteiger charge is 2.23. The molecule has 9 heteroatoms. The quantitative estimate of drug-likeness (QED) is 0.326. The Morgan fingerprint density at radius 3 is 2.42 bits per heavy atom. The zero-order chi connectivity index (χ0) is 22.2. The minimum atomic E-state index is -0.704. The second kappa shape index (κ2) is 9.88. The molecule has 9 nitrogen and oxygen atoms in total. The summed E-state index contributed by atoms with van der Waals surface area (Å²) in [4.78, 5) is 22.5. The summed E-state index contributed by atoms with van der Waals surface area (Å²) in [6, 6.07) is 19.6. The normalized spacial score (nSPS) is 10.6. The molecule has 31 heavy (non-hydrogen) atoms. The number of benzene rings is 3. The van der Waals surface area contributed by atoms with Gasteiger partial charge in [-0.05, 0) is 35.4 Å². The SMILES string of the molecule is COc1c(O)ccc(C=NNC(=O)COc2ccc(-c3ccccc3)cc2)c1[N+](=O)[O-]. The highest BCUT2D eigenvalue weighted by molar-refractivity contribution is 5.89. The van der Waals surface area contributed by atoms with Crippen molar-refractivity contribution in [1.82, 2.24) is 5.43 Å². The lowest BCUT2D eigenvalue weighted by Crippen LogP contribution is -2.24. The maximum atomic E-state index is 11.9. The van der Waals surface area contributed by atoms with Crippen LogP contribution in [-0.2, 0) is 4.79 Å². The average molecular weight is 421 g/mol. The lowest BCUT2D eigenvalue weighted by Gasteiger charge is -2.07. The van der Waals surface area contributed by atoms with Gasteiger partial charge < -0.3 is 14.6 Å². The summed E-state index contributed by atoms with van der Waals surface area (Å²) in [5.74, 6) is -0.695. The Morgan fingerprint density at radius 2 is 1.77 bits per heavy atom. The molecule has 2 N–H and O–H groups in total. The van der Waals surface area contributed by atoms with Crippen LogP contribution in [0, 0.1) is 10.1 Å². The predicted molar refractivity (Wildman–Crippen MR) is 114 cm³/mol. The number of nitro groups is 1. The first-order chi connectivity index (χ1) is 15.0. The first-order valence-corrected chi connectivity index (χ1v) is 9.14. The third-order valence-corrected chi connectivity index (χ3v) is 4.25. The topological polar surface area (TPSA) is 123 Å². The van der Waals surface area contributed by atoms with Crippen molar-refractivity contribution in [3.63, 3.8) is 0 Å². The van der Waals surface area contributed by atoms with Crippen molar-refractivity contribution in [3.8, 4) is 28.4 Å². The van der Waals surface area contributed by atoms with E-state index in [-0.39, 0.29) is 23.7 Å². The van der Waals surface area contributed by atoms with E-state index >= 15 is 0 Å². The van der Waals surface area contributed by atoms with E-state index in [2.05, 4.69) is 10.5 Å². The minimum absolute atomic E-state index is 0.0531. The molecule has 0 aliphatic rings. The van der Waals surface area contributed by atoms with Crippen molar-refractivity contribution in [1.29, 1.82) is 0 Å². The van der Waals surface area contributed by atoms with Gasteiger partial charge in [0, 0.05) is 0 Å². The third-order valence-electron chi connectivity index (χ3n) is 4.25. The fourth-order valence-electron chi connectivity index (χ4n) is 2.80. The van der Waals surface area contributed by atoms with Crippen molar-refractivity contribution in [2.45, 2.75) is 0 Å². The molecule has 0 saturated heterocycles. The van der Waals surface area contributed by atoms with E-state index < -0.39 is 16.5 Å². The molecule has 3 aromatic carbocycles. The highest BCUT2D eigenvalue weighted by Crippen LogP contribution is 2.37. The maximum Gasteiger partial charge on any atom is 0.323 e. The smallest absolute Gasteiger partial charge is 0.323 e. The monoisotopic (exact) mass is 421 g/mol. The number of carbonyl (C=O) groups excluding carboxylic acids is 1. The third kappa shape index (κ3) is 5.36. The number of amides is 1. The van der Waals surface area contributed by atoms with Crippen LogP contribution in [0.3, 0.4) is 0 Å². The number of hydrogen-bond donors (Lipinski definition) is 2. The summed E-state index contributed by atoms with van der Waals surface area (Å²) in [7, 11) is 1.20. The first kappa shape index (κ1) is 21.3. The van der Waals surface area contributed by atoms with E-state index in [4.69, 9.17) is 9.47 Å². The number of methoxy groups -OCH3 is 1. The number of hydrogen-bond acceptors (Lipinski definition) is 7. The maximum absolute atomic E-state index is 11.9. The molecular formula is C22H19N3O6. The van der Waals surface area contributed by atoms with Gasteiger partial charge in [0.25, 0.3) is 5.91 Å². The van der Waals surface area contributed by atoms with Crippen LogP contribution in [0.15, 0.2) is 71.8 Å². The summed E-state index contributed by atoms with van der Waals surface area (Å²) in [5.41, 5.74) is 3.92. The minimum Gasteiger partial charge on any atom is -0.504 e. The Balaban J connectivity index is 1.57. The molecular weight excluding hydrogens is 402 g/mol. The largest absolute Gasteiger partial charge is 0.504 e. The number of nitrogens with one attached hydrogen (secondary N) is 1. The lowest BCUT2D eigenvalue weighted by atomic mass is 10.1. The highest BCUT2D eigenvalue weighted by atomic mass is 16.6.